The average molecular weight is 628 g/mol. The standard InChI is InChI=1S/C26H32N2O3.Ag.ClHO4/c1-3-21-17-22-4-2-6-24-20-28-8-12-29-11-7-27(9-13-30-15-16-31-14-10-28)19-23(5-1)25(21)18-26(22)24;;2-1(3,4)5/h1-6,17-18H,7-16,19-20H2;;(H,2,3,4,5)/q;+1;/p-1. The van der Waals surface area contributed by atoms with E-state index < -0.39 is 10.2 Å². The number of ether oxygens (including phenoxy) is 3. The van der Waals surface area contributed by atoms with Crippen LogP contribution in [-0.2, 0) is 49.7 Å². The van der Waals surface area contributed by atoms with Gasteiger partial charge in [0.05, 0.1) is 39.6 Å². The van der Waals surface area contributed by atoms with E-state index in [0.29, 0.717) is 26.4 Å². The predicted octanol–water partition coefficient (Wildman–Crippen LogP) is -1.08. The number of benzene rings is 3. The minimum atomic E-state index is -4.94. The molecule has 2 heterocycles. The normalized spacial score (nSPS) is 21.8. The van der Waals surface area contributed by atoms with Crippen LogP contribution in [0.1, 0.15) is 11.1 Å². The van der Waals surface area contributed by atoms with E-state index in [-0.39, 0.29) is 22.4 Å². The third kappa shape index (κ3) is 9.83. The molecule has 0 saturated carbocycles. The van der Waals surface area contributed by atoms with Gasteiger partial charge in [-0.3, -0.25) is 9.80 Å². The molecule has 206 valence electrons. The molecule has 0 spiro atoms. The van der Waals surface area contributed by atoms with E-state index in [0.717, 1.165) is 52.5 Å². The van der Waals surface area contributed by atoms with Crippen LogP contribution in [0, 0.1) is 10.2 Å². The second-order valence-corrected chi connectivity index (χ2v) is 9.65. The van der Waals surface area contributed by atoms with Gasteiger partial charge < -0.3 is 14.2 Å². The van der Waals surface area contributed by atoms with Gasteiger partial charge in [0.1, 0.15) is 0 Å². The average Bonchev–Trinajstić information content (AvgIpc) is 2.83. The first-order valence-corrected chi connectivity index (χ1v) is 13.3. The molecule has 2 aliphatic rings. The van der Waals surface area contributed by atoms with Crippen LogP contribution in [0.2, 0.25) is 0 Å². The molecular formula is C26H32AgClN2O7. The Morgan fingerprint density at radius 3 is 1.35 bits per heavy atom. The molecule has 4 bridgehead atoms. The Morgan fingerprint density at radius 2 is 0.946 bits per heavy atom. The van der Waals surface area contributed by atoms with Crippen LogP contribution in [0.15, 0.2) is 48.5 Å². The van der Waals surface area contributed by atoms with Crippen molar-refractivity contribution in [3.8, 4) is 0 Å². The van der Waals surface area contributed by atoms with Crippen LogP contribution in [0.3, 0.4) is 0 Å². The maximum absolute atomic E-state index is 8.49. The number of hydrogen-bond acceptors (Lipinski definition) is 9. The summed E-state index contributed by atoms with van der Waals surface area (Å²) >= 11 is 0. The quantitative estimate of drug-likeness (QED) is 0.174. The molecule has 0 N–H and O–H groups in total. The summed E-state index contributed by atoms with van der Waals surface area (Å²) in [4.78, 5) is 4.91. The molecule has 0 aromatic heterocycles. The first kappa shape index (κ1) is 30.4. The van der Waals surface area contributed by atoms with Crippen molar-refractivity contribution >= 4 is 21.5 Å². The maximum Gasteiger partial charge on any atom is 1.00 e. The Balaban J connectivity index is 0.000000581. The van der Waals surface area contributed by atoms with E-state index in [2.05, 4.69) is 58.3 Å². The summed E-state index contributed by atoms with van der Waals surface area (Å²) in [5, 5.41) is 5.32. The molecule has 0 radical (unpaired) electrons. The van der Waals surface area contributed by atoms with Crippen molar-refractivity contribution in [1.29, 1.82) is 0 Å². The van der Waals surface area contributed by atoms with Crippen molar-refractivity contribution in [3.63, 3.8) is 0 Å². The zero-order chi connectivity index (χ0) is 25.4. The number of fused-ring (bicyclic) bond motifs is 6. The Hall–Kier alpha value is -1.15. The Kier molecular flexibility index (Phi) is 12.2. The van der Waals surface area contributed by atoms with Gasteiger partial charge in [-0.05, 0) is 44.8 Å². The van der Waals surface area contributed by atoms with Crippen molar-refractivity contribution in [2.24, 2.45) is 0 Å². The minimum Gasteiger partial charge on any atom is -0.379 e. The van der Waals surface area contributed by atoms with Gasteiger partial charge in [0.15, 0.2) is 0 Å². The number of halogens is 1. The number of rotatable bonds is 0. The van der Waals surface area contributed by atoms with Crippen LogP contribution < -0.4 is 18.6 Å². The molecule has 2 aliphatic heterocycles. The molecule has 0 amide bonds. The van der Waals surface area contributed by atoms with E-state index in [4.69, 9.17) is 32.8 Å². The van der Waals surface area contributed by atoms with Crippen LogP contribution in [0.25, 0.3) is 21.5 Å². The molecule has 9 nitrogen and oxygen atoms in total. The fourth-order valence-electron chi connectivity index (χ4n) is 4.68. The van der Waals surface area contributed by atoms with E-state index in [1.165, 1.54) is 32.7 Å². The van der Waals surface area contributed by atoms with Crippen LogP contribution in [-0.4, -0.2) is 75.6 Å². The Morgan fingerprint density at radius 1 is 0.568 bits per heavy atom. The van der Waals surface area contributed by atoms with Crippen LogP contribution in [0.4, 0.5) is 0 Å². The second-order valence-electron chi connectivity index (χ2n) is 8.90. The molecule has 0 aliphatic carbocycles. The van der Waals surface area contributed by atoms with E-state index in [1.54, 1.807) is 0 Å². The van der Waals surface area contributed by atoms with Gasteiger partial charge in [0.25, 0.3) is 0 Å². The molecule has 3 aromatic carbocycles. The molecule has 1 fully saturated rings. The van der Waals surface area contributed by atoms with Crippen molar-refractivity contribution in [2.45, 2.75) is 13.1 Å². The largest absolute Gasteiger partial charge is 1.00 e. The van der Waals surface area contributed by atoms with Crippen LogP contribution in [0.5, 0.6) is 0 Å². The molecule has 1 saturated heterocycles. The van der Waals surface area contributed by atoms with Gasteiger partial charge in [0.2, 0.25) is 0 Å². The van der Waals surface area contributed by atoms with E-state index >= 15 is 0 Å². The Bertz CT molecular complexity index is 1050. The topological polar surface area (TPSA) is 126 Å². The number of hydrogen-bond donors (Lipinski definition) is 0. The maximum atomic E-state index is 8.49. The first-order valence-electron chi connectivity index (χ1n) is 12.1. The predicted molar refractivity (Wildman–Crippen MR) is 124 cm³/mol. The summed E-state index contributed by atoms with van der Waals surface area (Å²) in [5.74, 6) is 0. The fraction of sp³-hybridized carbons (Fsp3) is 0.462. The molecule has 2 unspecified atom stereocenters. The van der Waals surface area contributed by atoms with Gasteiger partial charge in [0, 0.05) is 39.3 Å². The minimum absolute atomic E-state index is 0. The molecule has 11 heteroatoms. The van der Waals surface area contributed by atoms with Gasteiger partial charge in [-0.15, -0.1) is 10.2 Å². The number of nitrogens with zero attached hydrogens (tertiary/aromatic N) is 2. The summed E-state index contributed by atoms with van der Waals surface area (Å²) in [6.45, 7) is 9.65. The molecular weight excluding hydrogens is 596 g/mol. The summed E-state index contributed by atoms with van der Waals surface area (Å²) in [6, 6.07) is 18.1. The summed E-state index contributed by atoms with van der Waals surface area (Å²) in [7, 11) is -4.94. The van der Waals surface area contributed by atoms with Gasteiger partial charge in [-0.1, -0.05) is 36.4 Å². The summed E-state index contributed by atoms with van der Waals surface area (Å²) in [5.41, 5.74) is 2.74. The fourth-order valence-corrected chi connectivity index (χ4v) is 4.68. The Labute approximate surface area is 234 Å². The zero-order valence-corrected chi connectivity index (χ0v) is 22.8. The summed E-state index contributed by atoms with van der Waals surface area (Å²) in [6.07, 6.45) is 0. The summed E-state index contributed by atoms with van der Waals surface area (Å²) < 4.78 is 51.7. The third-order valence-corrected chi connectivity index (χ3v) is 6.43. The first-order chi connectivity index (χ1) is 17.4. The second kappa shape index (κ2) is 14.9. The monoisotopic (exact) mass is 626 g/mol. The molecule has 37 heavy (non-hydrogen) atoms. The van der Waals surface area contributed by atoms with Crippen molar-refractivity contribution in [1.82, 2.24) is 9.80 Å². The van der Waals surface area contributed by atoms with E-state index in [9.17, 15) is 0 Å². The van der Waals surface area contributed by atoms with Gasteiger partial charge in [-0.25, -0.2) is 18.6 Å². The molecule has 5 rings (SSSR count). The zero-order valence-electron chi connectivity index (χ0n) is 20.5. The van der Waals surface area contributed by atoms with E-state index in [1.807, 2.05) is 0 Å². The molecule has 2 atom stereocenters. The SMILES string of the molecule is [Ag+].[O-][Cl+3]([O-])([O-])[O-].c1cc2c3cc4c(cccc4cc3c1)CN1CCOCCOCCN(CCOCC1)C2. The van der Waals surface area contributed by atoms with Gasteiger partial charge in [-0.2, -0.15) is 0 Å². The smallest absolute Gasteiger partial charge is 0.379 e. The molecule has 3 aromatic rings. The van der Waals surface area contributed by atoms with Crippen molar-refractivity contribution < 1.29 is 65.5 Å². The van der Waals surface area contributed by atoms with Gasteiger partial charge >= 0.3 is 22.4 Å². The van der Waals surface area contributed by atoms with Crippen LogP contribution >= 0.6 is 0 Å². The van der Waals surface area contributed by atoms with Crippen molar-refractivity contribution in [2.75, 3.05) is 65.8 Å². The third-order valence-electron chi connectivity index (χ3n) is 6.43. The van der Waals surface area contributed by atoms with Crippen molar-refractivity contribution in [3.05, 3.63) is 59.7 Å².